The van der Waals surface area contributed by atoms with E-state index in [2.05, 4.69) is 32.4 Å². The van der Waals surface area contributed by atoms with Crippen molar-refractivity contribution >= 4 is 10.0 Å². The normalized spacial score (nSPS) is 26.5. The van der Waals surface area contributed by atoms with Crippen LogP contribution in [0.15, 0.2) is 0 Å². The second kappa shape index (κ2) is 3.74. The molecule has 0 amide bonds. The van der Waals surface area contributed by atoms with Crippen LogP contribution in [0.2, 0.25) is 0 Å². The molecule has 0 aromatic heterocycles. The number of hydrogen-bond acceptors (Lipinski definition) is 2. The van der Waals surface area contributed by atoms with Gasteiger partial charge in [0.15, 0.2) is 0 Å². The maximum Gasteiger partial charge on any atom is 0.214 e. The minimum Gasteiger partial charge on any atom is -0.218 e. The monoisotopic (exact) mass is 233 g/mol. The van der Waals surface area contributed by atoms with E-state index in [0.29, 0.717) is 0 Å². The Hall–Kier alpha value is -0.0900. The van der Waals surface area contributed by atoms with Gasteiger partial charge in [0.25, 0.3) is 0 Å². The Balaban J connectivity index is 2.95. The van der Waals surface area contributed by atoms with E-state index in [4.69, 9.17) is 0 Å². The van der Waals surface area contributed by atoms with Crippen molar-refractivity contribution in [2.75, 3.05) is 7.05 Å². The fraction of sp³-hybridized carbons (Fsp3) is 1.00. The summed E-state index contributed by atoms with van der Waals surface area (Å²) >= 11 is 0. The highest BCUT2D eigenvalue weighted by atomic mass is 32.2. The van der Waals surface area contributed by atoms with Crippen LogP contribution < -0.4 is 4.72 Å². The lowest BCUT2D eigenvalue weighted by Gasteiger charge is -2.44. The zero-order valence-electron chi connectivity index (χ0n) is 10.4. The summed E-state index contributed by atoms with van der Waals surface area (Å²) < 4.78 is 26.1. The van der Waals surface area contributed by atoms with Crippen molar-refractivity contribution in [3.8, 4) is 0 Å². The number of rotatable bonds is 2. The van der Waals surface area contributed by atoms with Crippen LogP contribution in [0.3, 0.4) is 0 Å². The molecule has 0 unspecified atom stereocenters. The van der Waals surface area contributed by atoms with Gasteiger partial charge in [-0.05, 0) is 37.1 Å². The molecule has 0 saturated heterocycles. The van der Waals surface area contributed by atoms with Crippen molar-refractivity contribution in [2.45, 2.75) is 52.2 Å². The molecule has 0 aromatic carbocycles. The molecule has 0 aliphatic heterocycles. The molecule has 1 aliphatic rings. The van der Waals surface area contributed by atoms with Gasteiger partial charge in [0, 0.05) is 0 Å². The van der Waals surface area contributed by atoms with Crippen molar-refractivity contribution in [1.29, 1.82) is 0 Å². The van der Waals surface area contributed by atoms with Gasteiger partial charge >= 0.3 is 0 Å². The third-order valence-electron chi connectivity index (χ3n) is 3.24. The third-order valence-corrected chi connectivity index (χ3v) is 5.02. The van der Waals surface area contributed by atoms with E-state index in [1.807, 2.05) is 0 Å². The molecule has 1 saturated carbocycles. The Morgan fingerprint density at radius 3 is 1.80 bits per heavy atom. The molecule has 1 aliphatic carbocycles. The van der Waals surface area contributed by atoms with Crippen LogP contribution in [0.5, 0.6) is 0 Å². The molecule has 0 spiro atoms. The predicted octanol–water partition coefficient (Wildman–Crippen LogP) is 2.14. The van der Waals surface area contributed by atoms with Crippen LogP contribution >= 0.6 is 0 Å². The van der Waals surface area contributed by atoms with Crippen LogP contribution in [0, 0.1) is 10.8 Å². The van der Waals surface area contributed by atoms with Crippen LogP contribution in [0.25, 0.3) is 0 Å². The maximum absolute atomic E-state index is 11.8. The van der Waals surface area contributed by atoms with E-state index < -0.39 is 10.0 Å². The van der Waals surface area contributed by atoms with Crippen LogP contribution in [-0.2, 0) is 10.0 Å². The Kier molecular flexibility index (Phi) is 3.23. The van der Waals surface area contributed by atoms with E-state index in [1.165, 1.54) is 7.05 Å². The number of nitrogens with one attached hydrogen (secondary N) is 1. The average Bonchev–Trinajstić information content (AvgIpc) is 1.98. The second-order valence-electron chi connectivity index (χ2n) is 6.28. The molecule has 3 nitrogen and oxygen atoms in total. The molecule has 4 heteroatoms. The number of hydrogen-bond donors (Lipinski definition) is 1. The van der Waals surface area contributed by atoms with E-state index >= 15 is 0 Å². The van der Waals surface area contributed by atoms with Crippen molar-refractivity contribution in [3.63, 3.8) is 0 Å². The lowest BCUT2D eigenvalue weighted by molar-refractivity contribution is 0.118. The molecule has 0 radical (unpaired) electrons. The predicted molar refractivity (Wildman–Crippen MR) is 63.2 cm³/mol. The first-order chi connectivity index (χ1) is 6.58. The fourth-order valence-electron chi connectivity index (χ4n) is 3.13. The van der Waals surface area contributed by atoms with E-state index in [-0.39, 0.29) is 16.1 Å². The van der Waals surface area contributed by atoms with Crippen molar-refractivity contribution in [2.24, 2.45) is 10.8 Å². The summed E-state index contributed by atoms with van der Waals surface area (Å²) in [4.78, 5) is 0. The zero-order chi connectivity index (χ0) is 11.9. The molecule has 90 valence electrons. The summed E-state index contributed by atoms with van der Waals surface area (Å²) in [6, 6.07) is 0. The highest BCUT2D eigenvalue weighted by Gasteiger charge is 2.42. The summed E-state index contributed by atoms with van der Waals surface area (Å²) in [7, 11) is -1.61. The van der Waals surface area contributed by atoms with Gasteiger partial charge in [0.05, 0.1) is 5.25 Å². The molecule has 15 heavy (non-hydrogen) atoms. The van der Waals surface area contributed by atoms with Crippen LogP contribution in [0.1, 0.15) is 47.0 Å². The highest BCUT2D eigenvalue weighted by Crippen LogP contribution is 2.47. The van der Waals surface area contributed by atoms with Gasteiger partial charge in [-0.25, -0.2) is 13.1 Å². The fourth-order valence-corrected chi connectivity index (χ4v) is 4.81. The maximum atomic E-state index is 11.8. The molecule has 0 aromatic rings. The smallest absolute Gasteiger partial charge is 0.214 e. The van der Waals surface area contributed by atoms with E-state index in [0.717, 1.165) is 19.3 Å². The molecule has 0 bridgehead atoms. The Morgan fingerprint density at radius 1 is 1.07 bits per heavy atom. The standard InChI is InChI=1S/C11H23NO2S/c1-10(2)6-9(15(13,14)12-5)7-11(3,4)8-10/h9,12H,6-8H2,1-5H3. The van der Waals surface area contributed by atoms with Gasteiger partial charge in [-0.1, -0.05) is 27.7 Å². The lowest BCUT2D eigenvalue weighted by Crippen LogP contribution is -2.43. The Labute approximate surface area is 93.7 Å². The largest absolute Gasteiger partial charge is 0.218 e. The SMILES string of the molecule is CNS(=O)(=O)C1CC(C)(C)CC(C)(C)C1. The van der Waals surface area contributed by atoms with Crippen molar-refractivity contribution in [1.82, 2.24) is 4.72 Å². The van der Waals surface area contributed by atoms with Gasteiger partial charge in [-0.15, -0.1) is 0 Å². The van der Waals surface area contributed by atoms with Gasteiger partial charge < -0.3 is 0 Å². The first-order valence-electron chi connectivity index (χ1n) is 5.50. The van der Waals surface area contributed by atoms with Crippen LogP contribution in [0.4, 0.5) is 0 Å². The number of sulfonamides is 1. The van der Waals surface area contributed by atoms with Crippen LogP contribution in [-0.4, -0.2) is 20.7 Å². The van der Waals surface area contributed by atoms with Gasteiger partial charge in [-0.3, -0.25) is 0 Å². The molecule has 1 fully saturated rings. The van der Waals surface area contributed by atoms with Crippen molar-refractivity contribution < 1.29 is 8.42 Å². The Bertz CT molecular complexity index is 314. The highest BCUT2D eigenvalue weighted by molar-refractivity contribution is 7.90. The summed E-state index contributed by atoms with van der Waals surface area (Å²) in [5.41, 5.74) is 0.243. The zero-order valence-corrected chi connectivity index (χ0v) is 11.2. The minimum atomic E-state index is -3.11. The topological polar surface area (TPSA) is 46.2 Å². The molecule has 0 atom stereocenters. The first kappa shape index (κ1) is 13.0. The summed E-state index contributed by atoms with van der Waals surface area (Å²) in [6.07, 6.45) is 2.62. The van der Waals surface area contributed by atoms with Gasteiger partial charge in [-0.2, -0.15) is 0 Å². The molecular formula is C11H23NO2S. The summed E-state index contributed by atoms with van der Waals surface area (Å²) in [5, 5.41) is -0.235. The average molecular weight is 233 g/mol. The van der Waals surface area contributed by atoms with E-state index in [1.54, 1.807) is 0 Å². The third kappa shape index (κ3) is 3.18. The first-order valence-corrected chi connectivity index (χ1v) is 7.05. The minimum absolute atomic E-state index is 0.121. The summed E-state index contributed by atoms with van der Waals surface area (Å²) in [6.45, 7) is 8.64. The van der Waals surface area contributed by atoms with Gasteiger partial charge in [0.2, 0.25) is 10.0 Å². The summed E-state index contributed by atoms with van der Waals surface area (Å²) in [5.74, 6) is 0. The van der Waals surface area contributed by atoms with Gasteiger partial charge in [0.1, 0.15) is 0 Å². The molecule has 0 heterocycles. The lowest BCUT2D eigenvalue weighted by atomic mass is 9.65. The molecule has 1 N–H and O–H groups in total. The van der Waals surface area contributed by atoms with Crippen molar-refractivity contribution in [3.05, 3.63) is 0 Å². The van der Waals surface area contributed by atoms with E-state index in [9.17, 15) is 8.42 Å². The Morgan fingerprint density at radius 2 is 1.47 bits per heavy atom. The second-order valence-corrected chi connectivity index (χ2v) is 8.45. The quantitative estimate of drug-likeness (QED) is 0.794. The molecule has 1 rings (SSSR count). The molecular weight excluding hydrogens is 210 g/mol.